The largest absolute Gasteiger partial charge is 0.376 e. The van der Waals surface area contributed by atoms with Crippen molar-refractivity contribution in [3.05, 3.63) is 63.6 Å². The van der Waals surface area contributed by atoms with E-state index < -0.39 is 29.3 Å². The van der Waals surface area contributed by atoms with Gasteiger partial charge in [0.2, 0.25) is 0 Å². The van der Waals surface area contributed by atoms with Crippen LogP contribution in [0, 0.1) is 23.3 Å². The smallest absolute Gasteiger partial charge is 0.147 e. The van der Waals surface area contributed by atoms with Gasteiger partial charge in [-0.15, -0.1) is 0 Å². The molecule has 1 N–H and O–H groups in total. The van der Waals surface area contributed by atoms with Gasteiger partial charge in [-0.25, -0.2) is 17.6 Å². The van der Waals surface area contributed by atoms with Crippen LogP contribution in [-0.2, 0) is 0 Å². The summed E-state index contributed by atoms with van der Waals surface area (Å²) in [4.78, 5) is 0. The lowest BCUT2D eigenvalue weighted by Crippen LogP contribution is -2.12. The van der Waals surface area contributed by atoms with Gasteiger partial charge >= 0.3 is 0 Å². The first-order valence-electron chi connectivity index (χ1n) is 5.75. The quantitative estimate of drug-likeness (QED) is 0.595. The molecule has 1 nitrogen and oxygen atoms in total. The van der Waals surface area contributed by atoms with Crippen molar-refractivity contribution in [2.24, 2.45) is 0 Å². The van der Waals surface area contributed by atoms with Crippen LogP contribution in [0.25, 0.3) is 0 Å². The van der Waals surface area contributed by atoms with Gasteiger partial charge in [0.25, 0.3) is 0 Å². The van der Waals surface area contributed by atoms with Crippen LogP contribution in [0.15, 0.2) is 34.8 Å². The van der Waals surface area contributed by atoms with Crippen molar-refractivity contribution in [3.8, 4) is 0 Å². The van der Waals surface area contributed by atoms with Crippen molar-refractivity contribution in [3.63, 3.8) is 0 Å². The zero-order valence-electron chi connectivity index (χ0n) is 10.4. The van der Waals surface area contributed by atoms with Crippen molar-refractivity contribution in [1.29, 1.82) is 0 Å². The van der Waals surface area contributed by atoms with Crippen LogP contribution in [0.1, 0.15) is 18.5 Å². The van der Waals surface area contributed by atoms with E-state index in [4.69, 9.17) is 0 Å². The highest BCUT2D eigenvalue weighted by atomic mass is 79.9. The molecule has 2 aromatic rings. The molecule has 1 unspecified atom stereocenters. The summed E-state index contributed by atoms with van der Waals surface area (Å²) < 4.78 is 54.2. The standard InChI is InChI=1S/C14H10BrF4N/c1-7(14-9(16)3-2-4-10(14)17)20-13-6-11(18)8(15)5-12(13)19/h2-7,20H,1H3. The normalized spacial score (nSPS) is 12.3. The molecule has 6 heteroatoms. The fourth-order valence-corrected chi connectivity index (χ4v) is 2.18. The van der Waals surface area contributed by atoms with Crippen LogP contribution in [-0.4, -0.2) is 0 Å². The maximum Gasteiger partial charge on any atom is 0.147 e. The molecule has 0 radical (unpaired) electrons. The van der Waals surface area contributed by atoms with Gasteiger partial charge in [-0.05, 0) is 41.1 Å². The molecule has 0 heterocycles. The highest BCUT2D eigenvalue weighted by Crippen LogP contribution is 2.28. The van der Waals surface area contributed by atoms with Crippen LogP contribution in [0.3, 0.4) is 0 Å². The van der Waals surface area contributed by atoms with E-state index in [2.05, 4.69) is 21.2 Å². The molecule has 0 saturated carbocycles. The molecule has 0 amide bonds. The van der Waals surface area contributed by atoms with Gasteiger partial charge < -0.3 is 5.32 Å². The van der Waals surface area contributed by atoms with Gasteiger partial charge in [0.1, 0.15) is 23.3 Å². The summed E-state index contributed by atoms with van der Waals surface area (Å²) in [5.41, 5.74) is -0.393. The van der Waals surface area contributed by atoms with E-state index in [1.54, 1.807) is 0 Å². The maximum absolute atomic E-state index is 13.7. The van der Waals surface area contributed by atoms with Crippen molar-refractivity contribution < 1.29 is 17.6 Å². The van der Waals surface area contributed by atoms with Crippen LogP contribution >= 0.6 is 15.9 Å². The number of benzene rings is 2. The predicted molar refractivity (Wildman–Crippen MR) is 72.5 cm³/mol. The Morgan fingerprint density at radius 3 is 2.15 bits per heavy atom. The fraction of sp³-hybridized carbons (Fsp3) is 0.143. The fourth-order valence-electron chi connectivity index (χ4n) is 1.86. The van der Waals surface area contributed by atoms with E-state index >= 15 is 0 Å². The van der Waals surface area contributed by atoms with Crippen LogP contribution in [0.4, 0.5) is 23.2 Å². The van der Waals surface area contributed by atoms with Gasteiger partial charge in [0.05, 0.1) is 16.2 Å². The predicted octanol–water partition coefficient (Wildman–Crippen LogP) is 5.18. The van der Waals surface area contributed by atoms with E-state index in [1.807, 2.05) is 0 Å². The van der Waals surface area contributed by atoms with Crippen LogP contribution in [0.5, 0.6) is 0 Å². The minimum absolute atomic E-state index is 0.0229. The van der Waals surface area contributed by atoms with Crippen LogP contribution < -0.4 is 5.32 Å². The molecular formula is C14H10BrF4N. The SMILES string of the molecule is CC(Nc1cc(F)c(Br)cc1F)c1c(F)cccc1F. The Morgan fingerprint density at radius 1 is 0.950 bits per heavy atom. The Labute approximate surface area is 121 Å². The molecule has 0 aliphatic heterocycles. The summed E-state index contributed by atoms with van der Waals surface area (Å²) in [5, 5.41) is 2.56. The summed E-state index contributed by atoms with van der Waals surface area (Å²) in [5.74, 6) is -2.89. The third-order valence-electron chi connectivity index (χ3n) is 2.81. The molecule has 2 aromatic carbocycles. The topological polar surface area (TPSA) is 12.0 Å². The van der Waals surface area contributed by atoms with E-state index in [0.29, 0.717) is 0 Å². The number of nitrogens with one attached hydrogen (secondary N) is 1. The van der Waals surface area contributed by atoms with E-state index in [9.17, 15) is 17.6 Å². The van der Waals surface area contributed by atoms with Crippen molar-refractivity contribution >= 4 is 21.6 Å². The first-order valence-corrected chi connectivity index (χ1v) is 6.54. The van der Waals surface area contributed by atoms with Crippen molar-refractivity contribution in [2.45, 2.75) is 13.0 Å². The summed E-state index contributed by atoms with van der Waals surface area (Å²) >= 11 is 2.85. The number of rotatable bonds is 3. The Bertz CT molecular complexity index is 625. The summed E-state index contributed by atoms with van der Waals surface area (Å²) in [6.07, 6.45) is 0. The summed E-state index contributed by atoms with van der Waals surface area (Å²) in [6, 6.07) is 4.47. The zero-order valence-corrected chi connectivity index (χ0v) is 11.9. The number of hydrogen-bond donors (Lipinski definition) is 1. The van der Waals surface area contributed by atoms with Gasteiger partial charge in [-0.3, -0.25) is 0 Å². The lowest BCUT2D eigenvalue weighted by Gasteiger charge is -2.17. The Morgan fingerprint density at radius 2 is 1.55 bits per heavy atom. The molecule has 106 valence electrons. The number of halogens is 5. The molecule has 0 spiro atoms. The highest BCUT2D eigenvalue weighted by molar-refractivity contribution is 9.10. The Balaban J connectivity index is 2.33. The van der Waals surface area contributed by atoms with Gasteiger partial charge in [0.15, 0.2) is 0 Å². The summed E-state index contributed by atoms with van der Waals surface area (Å²) in [7, 11) is 0. The van der Waals surface area contributed by atoms with Gasteiger partial charge in [-0.1, -0.05) is 6.07 Å². The number of hydrogen-bond acceptors (Lipinski definition) is 1. The average molecular weight is 348 g/mol. The van der Waals surface area contributed by atoms with E-state index in [0.717, 1.165) is 24.3 Å². The lowest BCUT2D eigenvalue weighted by atomic mass is 10.1. The van der Waals surface area contributed by atoms with Crippen molar-refractivity contribution in [2.75, 3.05) is 5.32 Å². The van der Waals surface area contributed by atoms with Crippen LogP contribution in [0.2, 0.25) is 0 Å². The third kappa shape index (κ3) is 2.95. The second-order valence-corrected chi connectivity index (χ2v) is 5.10. The Hall–Kier alpha value is -1.56. The third-order valence-corrected chi connectivity index (χ3v) is 3.42. The molecule has 20 heavy (non-hydrogen) atoms. The average Bonchev–Trinajstić information content (AvgIpc) is 2.35. The van der Waals surface area contributed by atoms with E-state index in [1.165, 1.54) is 13.0 Å². The molecular weight excluding hydrogens is 338 g/mol. The molecule has 0 aromatic heterocycles. The minimum Gasteiger partial charge on any atom is -0.376 e. The second kappa shape index (κ2) is 5.83. The molecule has 1 atom stereocenters. The Kier molecular flexibility index (Phi) is 4.32. The van der Waals surface area contributed by atoms with E-state index in [-0.39, 0.29) is 15.7 Å². The lowest BCUT2D eigenvalue weighted by molar-refractivity contribution is 0.542. The molecule has 0 fully saturated rings. The zero-order chi connectivity index (χ0) is 14.9. The van der Waals surface area contributed by atoms with Gasteiger partial charge in [-0.2, -0.15) is 0 Å². The molecule has 2 rings (SSSR count). The molecule has 0 saturated heterocycles. The minimum atomic E-state index is -0.855. The molecule has 0 bridgehead atoms. The first kappa shape index (κ1) is 14.8. The van der Waals surface area contributed by atoms with Crippen molar-refractivity contribution in [1.82, 2.24) is 0 Å². The monoisotopic (exact) mass is 347 g/mol. The first-order chi connectivity index (χ1) is 9.40. The maximum atomic E-state index is 13.7. The highest BCUT2D eigenvalue weighted by Gasteiger charge is 2.18. The second-order valence-electron chi connectivity index (χ2n) is 4.25. The van der Waals surface area contributed by atoms with Gasteiger partial charge in [0, 0.05) is 11.6 Å². The number of anilines is 1. The summed E-state index contributed by atoms with van der Waals surface area (Å²) in [6.45, 7) is 1.46. The molecule has 0 aliphatic carbocycles. The molecule has 0 aliphatic rings.